The van der Waals surface area contributed by atoms with E-state index in [2.05, 4.69) is 13.8 Å². The van der Waals surface area contributed by atoms with Crippen LogP contribution in [0.3, 0.4) is 0 Å². The SMILES string of the molecule is CCCCCCCCCCCCCCCCC(C(N)=O)C1CCC(C(CCCCCCCCCCCCCCCC)C(N)=O)CC1. The van der Waals surface area contributed by atoms with Crippen molar-refractivity contribution in [2.45, 2.75) is 232 Å². The van der Waals surface area contributed by atoms with Crippen molar-refractivity contribution in [3.05, 3.63) is 0 Å². The van der Waals surface area contributed by atoms with Crippen LogP contribution < -0.4 is 11.5 Å². The van der Waals surface area contributed by atoms with Crippen LogP contribution in [0.1, 0.15) is 232 Å². The zero-order chi connectivity index (χ0) is 33.5. The molecule has 0 bridgehead atoms. The highest BCUT2D eigenvalue weighted by Gasteiger charge is 2.34. The third-order valence-electron chi connectivity index (χ3n) is 11.4. The Hall–Kier alpha value is -1.06. The minimum absolute atomic E-state index is 0.0103. The second-order valence-electron chi connectivity index (χ2n) is 15.5. The van der Waals surface area contributed by atoms with Gasteiger partial charge in [-0.2, -0.15) is 0 Å². The predicted molar refractivity (Wildman–Crippen MR) is 201 cm³/mol. The van der Waals surface area contributed by atoms with E-state index in [1.54, 1.807) is 0 Å². The van der Waals surface area contributed by atoms with Gasteiger partial charge in [0.25, 0.3) is 0 Å². The topological polar surface area (TPSA) is 86.2 Å². The third-order valence-corrected chi connectivity index (χ3v) is 11.4. The molecule has 4 nitrogen and oxygen atoms in total. The van der Waals surface area contributed by atoms with Crippen molar-refractivity contribution in [3.8, 4) is 0 Å². The first-order valence-electron chi connectivity index (χ1n) is 21.1. The van der Waals surface area contributed by atoms with E-state index in [1.807, 2.05) is 0 Å². The van der Waals surface area contributed by atoms with Crippen molar-refractivity contribution in [2.75, 3.05) is 0 Å². The largest absolute Gasteiger partial charge is 0.369 e. The summed E-state index contributed by atoms with van der Waals surface area (Å²) in [6.07, 6.45) is 43.9. The molecule has 1 saturated carbocycles. The molecule has 2 atom stereocenters. The molecular formula is C42H82N2O2. The number of rotatable bonds is 34. The molecule has 1 rings (SSSR count). The maximum atomic E-state index is 12.4. The molecule has 0 aromatic rings. The van der Waals surface area contributed by atoms with Gasteiger partial charge in [-0.25, -0.2) is 0 Å². The molecule has 0 spiro atoms. The first-order chi connectivity index (χ1) is 22.5. The molecular weight excluding hydrogens is 564 g/mol. The van der Waals surface area contributed by atoms with Gasteiger partial charge in [0, 0.05) is 11.8 Å². The standard InChI is InChI=1S/C42H82N2O2/c1-3-5-7-9-11-13-15-17-19-21-23-25-27-29-31-39(41(43)45)37-33-35-38(36-34-37)40(42(44)46)32-30-28-26-24-22-20-18-16-14-12-10-8-6-4-2/h37-40H,3-36H2,1-2H3,(H2,43,45)(H2,44,46). The van der Waals surface area contributed by atoms with E-state index in [4.69, 9.17) is 11.5 Å². The van der Waals surface area contributed by atoms with Crippen molar-refractivity contribution < 1.29 is 9.59 Å². The van der Waals surface area contributed by atoms with E-state index < -0.39 is 0 Å². The molecule has 0 aromatic carbocycles. The molecule has 1 fully saturated rings. The van der Waals surface area contributed by atoms with Crippen molar-refractivity contribution >= 4 is 11.8 Å². The molecule has 1 aliphatic rings. The van der Waals surface area contributed by atoms with Crippen LogP contribution in [0.5, 0.6) is 0 Å². The molecule has 0 heterocycles. The third kappa shape index (κ3) is 23.3. The molecule has 272 valence electrons. The Morgan fingerprint density at radius 2 is 0.587 bits per heavy atom. The molecule has 46 heavy (non-hydrogen) atoms. The van der Waals surface area contributed by atoms with Crippen LogP contribution in [-0.4, -0.2) is 11.8 Å². The lowest BCUT2D eigenvalue weighted by Crippen LogP contribution is -2.36. The molecule has 2 unspecified atom stereocenters. The number of primary amides is 2. The number of carbonyl (C=O) groups is 2. The van der Waals surface area contributed by atoms with Crippen LogP contribution in [-0.2, 0) is 9.59 Å². The van der Waals surface area contributed by atoms with Gasteiger partial charge in [-0.3, -0.25) is 9.59 Å². The Labute approximate surface area is 288 Å². The van der Waals surface area contributed by atoms with Crippen LogP contribution in [0.25, 0.3) is 0 Å². The van der Waals surface area contributed by atoms with E-state index in [0.717, 1.165) is 51.4 Å². The van der Waals surface area contributed by atoms with Gasteiger partial charge >= 0.3 is 0 Å². The summed E-state index contributed by atoms with van der Waals surface area (Å²) in [6.45, 7) is 4.57. The van der Waals surface area contributed by atoms with Crippen LogP contribution in [0.2, 0.25) is 0 Å². The molecule has 0 saturated heterocycles. The van der Waals surface area contributed by atoms with Crippen LogP contribution in [0.4, 0.5) is 0 Å². The maximum Gasteiger partial charge on any atom is 0.220 e. The normalized spacial score (nSPS) is 18.0. The monoisotopic (exact) mass is 647 g/mol. The molecule has 2 amide bonds. The predicted octanol–water partition coefficient (Wildman–Crippen LogP) is 12.7. The Kier molecular flexibility index (Phi) is 29.2. The average Bonchev–Trinajstić information content (AvgIpc) is 3.04. The van der Waals surface area contributed by atoms with Crippen LogP contribution >= 0.6 is 0 Å². The minimum Gasteiger partial charge on any atom is -0.369 e. The summed E-state index contributed by atoms with van der Waals surface area (Å²) in [5.74, 6) is 0.599. The van der Waals surface area contributed by atoms with Gasteiger partial charge in [0.05, 0.1) is 0 Å². The average molecular weight is 647 g/mol. The van der Waals surface area contributed by atoms with Gasteiger partial charge in [-0.15, -0.1) is 0 Å². The highest BCUT2D eigenvalue weighted by Crippen LogP contribution is 2.40. The van der Waals surface area contributed by atoms with E-state index in [9.17, 15) is 9.59 Å². The highest BCUT2D eigenvalue weighted by atomic mass is 16.1. The Morgan fingerprint density at radius 3 is 0.783 bits per heavy atom. The van der Waals surface area contributed by atoms with Crippen LogP contribution in [0, 0.1) is 23.7 Å². The van der Waals surface area contributed by atoms with E-state index in [0.29, 0.717) is 11.8 Å². The lowest BCUT2D eigenvalue weighted by Gasteiger charge is -2.35. The Morgan fingerprint density at radius 1 is 0.391 bits per heavy atom. The van der Waals surface area contributed by atoms with E-state index in [1.165, 1.54) is 167 Å². The Balaban J connectivity index is 2.11. The molecule has 4 N–H and O–H groups in total. The van der Waals surface area contributed by atoms with Gasteiger partial charge in [-0.05, 0) is 50.4 Å². The van der Waals surface area contributed by atoms with Gasteiger partial charge < -0.3 is 11.5 Å². The zero-order valence-corrected chi connectivity index (χ0v) is 31.3. The van der Waals surface area contributed by atoms with Gasteiger partial charge in [0.2, 0.25) is 11.8 Å². The molecule has 0 radical (unpaired) electrons. The number of amides is 2. The first-order valence-corrected chi connectivity index (χ1v) is 21.1. The lowest BCUT2D eigenvalue weighted by molar-refractivity contribution is -0.126. The lowest BCUT2D eigenvalue weighted by atomic mass is 9.69. The van der Waals surface area contributed by atoms with E-state index >= 15 is 0 Å². The van der Waals surface area contributed by atoms with Crippen LogP contribution in [0.15, 0.2) is 0 Å². The number of nitrogens with two attached hydrogens (primary N) is 2. The molecule has 0 aromatic heterocycles. The first kappa shape index (κ1) is 43.0. The fourth-order valence-corrected chi connectivity index (χ4v) is 8.29. The summed E-state index contributed by atoms with van der Waals surface area (Å²) in [6, 6.07) is 0. The van der Waals surface area contributed by atoms with Crippen molar-refractivity contribution in [1.82, 2.24) is 0 Å². The van der Waals surface area contributed by atoms with Gasteiger partial charge in [-0.1, -0.05) is 194 Å². The fourth-order valence-electron chi connectivity index (χ4n) is 8.29. The summed E-state index contributed by atoms with van der Waals surface area (Å²) in [5, 5.41) is 0. The summed E-state index contributed by atoms with van der Waals surface area (Å²) in [7, 11) is 0. The number of unbranched alkanes of at least 4 members (excludes halogenated alkanes) is 26. The molecule has 4 heteroatoms. The quantitative estimate of drug-likeness (QED) is 0.0681. The molecule has 0 aliphatic heterocycles. The summed E-state index contributed by atoms with van der Waals surface area (Å²) >= 11 is 0. The number of hydrogen-bond acceptors (Lipinski definition) is 2. The summed E-state index contributed by atoms with van der Waals surface area (Å²) in [5.41, 5.74) is 11.8. The second kappa shape index (κ2) is 31.2. The minimum atomic E-state index is -0.105. The summed E-state index contributed by atoms with van der Waals surface area (Å²) in [4.78, 5) is 24.8. The maximum absolute atomic E-state index is 12.4. The number of carbonyl (C=O) groups excluding carboxylic acids is 2. The Bertz CT molecular complexity index is 629. The smallest absolute Gasteiger partial charge is 0.220 e. The number of hydrogen-bond donors (Lipinski definition) is 2. The van der Waals surface area contributed by atoms with Gasteiger partial charge in [0.15, 0.2) is 0 Å². The van der Waals surface area contributed by atoms with Gasteiger partial charge in [0.1, 0.15) is 0 Å². The zero-order valence-electron chi connectivity index (χ0n) is 31.3. The van der Waals surface area contributed by atoms with Crippen molar-refractivity contribution in [2.24, 2.45) is 35.1 Å². The van der Waals surface area contributed by atoms with E-state index in [-0.39, 0.29) is 23.7 Å². The highest BCUT2D eigenvalue weighted by molar-refractivity contribution is 5.77. The van der Waals surface area contributed by atoms with Crippen molar-refractivity contribution in [1.29, 1.82) is 0 Å². The fraction of sp³-hybridized carbons (Fsp3) is 0.952. The summed E-state index contributed by atoms with van der Waals surface area (Å²) < 4.78 is 0. The second-order valence-corrected chi connectivity index (χ2v) is 15.5. The van der Waals surface area contributed by atoms with Crippen molar-refractivity contribution in [3.63, 3.8) is 0 Å². The molecule has 1 aliphatic carbocycles.